The number of carbonyl (C=O) groups is 2. The van der Waals surface area contributed by atoms with E-state index in [1.165, 1.54) is 18.1 Å². The average molecular weight is 385 g/mol. The molecule has 0 saturated carbocycles. The van der Waals surface area contributed by atoms with Crippen LogP contribution in [-0.4, -0.2) is 38.5 Å². The van der Waals surface area contributed by atoms with Gasteiger partial charge in [-0.2, -0.15) is 0 Å². The number of carboxylic acids is 1. The summed E-state index contributed by atoms with van der Waals surface area (Å²) >= 11 is 0. The molecular formula is C21H15N5O3. The lowest BCUT2D eigenvalue weighted by Gasteiger charge is -2.20. The Bertz CT molecular complexity index is 1210. The number of nitrogens with zero attached hydrogens (tertiary/aromatic N) is 4. The number of terminal acetylenes is 1. The number of nitrogens with one attached hydrogen (secondary N) is 1. The van der Waals surface area contributed by atoms with Crippen molar-refractivity contribution in [3.8, 4) is 12.3 Å². The summed E-state index contributed by atoms with van der Waals surface area (Å²) in [5, 5.41) is 11.9. The van der Waals surface area contributed by atoms with Crippen LogP contribution < -0.4 is 10.2 Å². The van der Waals surface area contributed by atoms with Crippen molar-refractivity contribution in [2.75, 3.05) is 16.8 Å². The number of hydrogen-bond acceptors (Lipinski definition) is 6. The van der Waals surface area contributed by atoms with Crippen molar-refractivity contribution in [2.45, 2.75) is 6.42 Å². The molecule has 3 heterocycles. The molecule has 29 heavy (non-hydrogen) atoms. The Kier molecular flexibility index (Phi) is 4.63. The van der Waals surface area contributed by atoms with Gasteiger partial charge in [0.25, 0.3) is 0 Å². The summed E-state index contributed by atoms with van der Waals surface area (Å²) in [4.78, 5) is 37.3. The second kappa shape index (κ2) is 7.40. The Morgan fingerprint density at radius 1 is 1.21 bits per heavy atom. The van der Waals surface area contributed by atoms with Gasteiger partial charge in [0.1, 0.15) is 18.0 Å². The molecule has 0 fully saturated rings. The predicted octanol–water partition coefficient (Wildman–Crippen LogP) is 2.28. The number of hydrogen-bond donors (Lipinski definition) is 2. The minimum absolute atomic E-state index is 0.269. The predicted molar refractivity (Wildman–Crippen MR) is 108 cm³/mol. The lowest BCUT2D eigenvalue weighted by molar-refractivity contribution is -0.131. The standard InChI is InChI=1S/C21H15N5O3/c1-2-13-3-4-14-7-8-26(17(14)9-13)21-15-10-18(22-11-16(15)23-12-24-21)25-19(27)5-6-20(28)29/h1,3-6,9-12H,7-8H2,(H,28,29)(H,22,25,27). The maximum atomic E-state index is 11.9. The average Bonchev–Trinajstić information content (AvgIpc) is 3.14. The third kappa shape index (κ3) is 3.61. The molecule has 0 spiro atoms. The van der Waals surface area contributed by atoms with Crippen molar-refractivity contribution < 1.29 is 14.7 Å². The van der Waals surface area contributed by atoms with Crippen LogP contribution in [0.5, 0.6) is 0 Å². The van der Waals surface area contributed by atoms with Gasteiger partial charge in [0, 0.05) is 35.3 Å². The number of amides is 1. The van der Waals surface area contributed by atoms with E-state index >= 15 is 0 Å². The molecule has 1 aliphatic heterocycles. The Balaban J connectivity index is 1.73. The minimum Gasteiger partial charge on any atom is -0.478 e. The van der Waals surface area contributed by atoms with Crippen molar-refractivity contribution in [2.24, 2.45) is 0 Å². The van der Waals surface area contributed by atoms with E-state index in [2.05, 4.69) is 31.1 Å². The Hall–Kier alpha value is -4.25. The van der Waals surface area contributed by atoms with Crippen molar-refractivity contribution >= 4 is 40.1 Å². The molecule has 142 valence electrons. The Morgan fingerprint density at radius 2 is 2.07 bits per heavy atom. The van der Waals surface area contributed by atoms with E-state index in [1.807, 2.05) is 18.2 Å². The van der Waals surface area contributed by atoms with Gasteiger partial charge in [0.15, 0.2) is 0 Å². The van der Waals surface area contributed by atoms with E-state index in [0.29, 0.717) is 16.7 Å². The summed E-state index contributed by atoms with van der Waals surface area (Å²) in [6.07, 6.45) is 11.1. The molecule has 4 rings (SSSR count). The number of aromatic nitrogens is 3. The normalized spacial score (nSPS) is 12.7. The number of anilines is 3. The maximum absolute atomic E-state index is 11.9. The van der Waals surface area contributed by atoms with Crippen molar-refractivity contribution in [1.82, 2.24) is 15.0 Å². The van der Waals surface area contributed by atoms with Gasteiger partial charge in [-0.05, 0) is 30.2 Å². The molecule has 8 nitrogen and oxygen atoms in total. The summed E-state index contributed by atoms with van der Waals surface area (Å²) in [5.74, 6) is 1.80. The first-order valence-electron chi connectivity index (χ1n) is 8.75. The van der Waals surface area contributed by atoms with Crippen molar-refractivity contribution in [1.29, 1.82) is 0 Å². The number of aliphatic carboxylic acids is 1. The lowest BCUT2D eigenvalue weighted by atomic mass is 10.1. The third-order valence-corrected chi connectivity index (χ3v) is 4.53. The largest absolute Gasteiger partial charge is 0.478 e. The lowest BCUT2D eigenvalue weighted by Crippen LogP contribution is -2.16. The van der Waals surface area contributed by atoms with Crippen LogP contribution in [0.1, 0.15) is 11.1 Å². The summed E-state index contributed by atoms with van der Waals surface area (Å²) in [7, 11) is 0. The first kappa shape index (κ1) is 18.1. The summed E-state index contributed by atoms with van der Waals surface area (Å²) in [5.41, 5.74) is 3.58. The van der Waals surface area contributed by atoms with E-state index in [9.17, 15) is 9.59 Å². The molecule has 1 amide bonds. The van der Waals surface area contributed by atoms with Crippen LogP contribution in [0.15, 0.2) is 48.9 Å². The van der Waals surface area contributed by atoms with Gasteiger partial charge in [0.05, 0.1) is 11.7 Å². The molecule has 0 unspecified atom stereocenters. The highest BCUT2D eigenvalue weighted by molar-refractivity contribution is 6.03. The second-order valence-electron chi connectivity index (χ2n) is 6.33. The topological polar surface area (TPSA) is 108 Å². The van der Waals surface area contributed by atoms with Gasteiger partial charge < -0.3 is 15.3 Å². The fourth-order valence-electron chi connectivity index (χ4n) is 3.23. The van der Waals surface area contributed by atoms with Crippen molar-refractivity contribution in [3.63, 3.8) is 0 Å². The van der Waals surface area contributed by atoms with Crippen LogP contribution in [0.25, 0.3) is 10.9 Å². The zero-order valence-corrected chi connectivity index (χ0v) is 15.2. The van der Waals surface area contributed by atoms with Crippen LogP contribution in [0.4, 0.5) is 17.3 Å². The number of fused-ring (bicyclic) bond motifs is 2. The number of benzene rings is 1. The number of rotatable bonds is 4. The van der Waals surface area contributed by atoms with Crippen LogP contribution in [0.3, 0.4) is 0 Å². The van der Waals surface area contributed by atoms with E-state index in [4.69, 9.17) is 11.5 Å². The summed E-state index contributed by atoms with van der Waals surface area (Å²) in [6.45, 7) is 0.737. The third-order valence-electron chi connectivity index (χ3n) is 4.53. The van der Waals surface area contributed by atoms with Crippen molar-refractivity contribution in [3.05, 3.63) is 60.1 Å². The highest BCUT2D eigenvalue weighted by Gasteiger charge is 2.23. The Morgan fingerprint density at radius 3 is 2.86 bits per heavy atom. The number of carbonyl (C=O) groups excluding carboxylic acids is 1. The zero-order valence-electron chi connectivity index (χ0n) is 15.2. The van der Waals surface area contributed by atoms with E-state index in [-0.39, 0.29) is 5.82 Å². The van der Waals surface area contributed by atoms with Crippen LogP contribution >= 0.6 is 0 Å². The molecule has 1 aromatic carbocycles. The van der Waals surface area contributed by atoms with E-state index < -0.39 is 11.9 Å². The van der Waals surface area contributed by atoms with Crippen LogP contribution in [0, 0.1) is 12.3 Å². The molecular weight excluding hydrogens is 370 g/mol. The SMILES string of the molecule is C#Cc1ccc2c(c1)N(c1ncnc3cnc(NC(=O)C=CC(=O)O)cc13)CC2. The fourth-order valence-corrected chi connectivity index (χ4v) is 3.23. The summed E-state index contributed by atoms with van der Waals surface area (Å²) < 4.78 is 0. The first-order valence-corrected chi connectivity index (χ1v) is 8.75. The van der Waals surface area contributed by atoms with E-state index in [0.717, 1.165) is 36.4 Å². The van der Waals surface area contributed by atoms with E-state index in [1.54, 1.807) is 6.07 Å². The van der Waals surface area contributed by atoms with Gasteiger partial charge in [-0.15, -0.1) is 6.42 Å². The number of carboxylic acid groups (broad SMARTS) is 1. The maximum Gasteiger partial charge on any atom is 0.328 e. The van der Waals surface area contributed by atoms with Gasteiger partial charge in [0.2, 0.25) is 5.91 Å². The number of pyridine rings is 1. The summed E-state index contributed by atoms with van der Waals surface area (Å²) in [6, 6.07) is 7.57. The first-order chi connectivity index (χ1) is 14.0. The van der Waals surface area contributed by atoms with Gasteiger partial charge in [-0.3, -0.25) is 4.79 Å². The van der Waals surface area contributed by atoms with Crippen LogP contribution in [-0.2, 0) is 16.0 Å². The molecule has 0 radical (unpaired) electrons. The quantitative estimate of drug-likeness (QED) is 0.524. The van der Waals surface area contributed by atoms with Gasteiger partial charge >= 0.3 is 5.97 Å². The van der Waals surface area contributed by atoms with Gasteiger partial charge in [-0.1, -0.05) is 12.0 Å². The molecule has 2 aromatic heterocycles. The monoisotopic (exact) mass is 385 g/mol. The second-order valence-corrected chi connectivity index (χ2v) is 6.33. The zero-order chi connectivity index (χ0) is 20.4. The fraction of sp³-hybridized carbons (Fsp3) is 0.0952. The van der Waals surface area contributed by atoms with Crippen LogP contribution in [0.2, 0.25) is 0 Å². The molecule has 3 aromatic rings. The van der Waals surface area contributed by atoms with Gasteiger partial charge in [-0.25, -0.2) is 19.7 Å². The molecule has 1 aliphatic rings. The highest BCUT2D eigenvalue weighted by atomic mass is 16.4. The minimum atomic E-state index is -1.21. The molecule has 0 atom stereocenters. The smallest absolute Gasteiger partial charge is 0.328 e. The molecule has 0 aliphatic carbocycles. The molecule has 2 N–H and O–H groups in total. The Labute approximate surface area is 165 Å². The molecule has 0 bridgehead atoms. The molecule has 0 saturated heterocycles. The highest BCUT2D eigenvalue weighted by Crippen LogP contribution is 2.37. The molecule has 8 heteroatoms.